The number of carbonyl (C=O) groups excluding carboxylic acids is 1. The van der Waals surface area contributed by atoms with E-state index in [1.807, 2.05) is 42.9 Å². The van der Waals surface area contributed by atoms with E-state index >= 15 is 0 Å². The van der Waals surface area contributed by atoms with Crippen LogP contribution in [0.2, 0.25) is 0 Å². The smallest absolute Gasteiger partial charge is 0.155 e. The number of fused-ring (bicyclic) bond motifs is 2. The normalized spacial score (nSPS) is 10.8. The minimum Gasteiger partial charge on any atom is -0.512 e. The van der Waals surface area contributed by atoms with Crippen LogP contribution in [-0.4, -0.2) is 20.9 Å². The maximum atomic E-state index is 10.0. The van der Waals surface area contributed by atoms with Crippen molar-refractivity contribution in [3.63, 3.8) is 0 Å². The number of carbonyl (C=O) groups is 1. The molecule has 6 heteroatoms. The van der Waals surface area contributed by atoms with Crippen LogP contribution in [-0.2, 0) is 24.9 Å². The molecule has 0 aliphatic heterocycles. The van der Waals surface area contributed by atoms with E-state index in [1.54, 1.807) is 11.3 Å². The van der Waals surface area contributed by atoms with Gasteiger partial charge in [0.15, 0.2) is 5.78 Å². The molecular weight excluding hydrogens is 537 g/mol. The Kier molecular flexibility index (Phi) is 7.36. The molecule has 139 valence electrons. The summed E-state index contributed by atoms with van der Waals surface area (Å²) in [4.78, 5) is 18.8. The fourth-order valence-corrected chi connectivity index (χ4v) is 3.42. The molecule has 1 radical (unpaired) electrons. The van der Waals surface area contributed by atoms with Gasteiger partial charge in [-0.15, -0.1) is 10.9 Å². The number of benzene rings is 1. The Labute approximate surface area is 175 Å². The first kappa shape index (κ1) is 20.9. The Morgan fingerprint density at radius 1 is 1.11 bits per heavy atom. The second kappa shape index (κ2) is 9.51. The van der Waals surface area contributed by atoms with Crippen LogP contribution in [0.15, 0.2) is 66.8 Å². The largest absolute Gasteiger partial charge is 0.512 e. The molecular formula is C21H17IrN2O2S-. The van der Waals surface area contributed by atoms with Gasteiger partial charge in [0, 0.05) is 38.6 Å². The van der Waals surface area contributed by atoms with E-state index in [9.17, 15) is 4.79 Å². The molecule has 0 saturated carbocycles. The molecule has 4 aromatic rings. The van der Waals surface area contributed by atoms with Crippen LogP contribution in [0.5, 0.6) is 0 Å². The zero-order chi connectivity index (χ0) is 18.5. The average molecular weight is 554 g/mol. The molecule has 27 heavy (non-hydrogen) atoms. The third kappa shape index (κ3) is 5.07. The number of hydrogen-bond donors (Lipinski definition) is 1. The molecule has 0 unspecified atom stereocenters. The third-order valence-electron chi connectivity index (χ3n) is 3.64. The minimum atomic E-state index is -0.125. The van der Waals surface area contributed by atoms with Gasteiger partial charge < -0.3 is 10.1 Å². The van der Waals surface area contributed by atoms with E-state index in [0.29, 0.717) is 0 Å². The molecule has 0 fully saturated rings. The van der Waals surface area contributed by atoms with E-state index in [2.05, 4.69) is 27.5 Å². The van der Waals surface area contributed by atoms with Gasteiger partial charge in [-0.2, -0.15) is 0 Å². The Hall–Kier alpha value is -2.40. The van der Waals surface area contributed by atoms with E-state index in [4.69, 9.17) is 5.11 Å². The van der Waals surface area contributed by atoms with Crippen LogP contribution in [0.4, 0.5) is 0 Å². The van der Waals surface area contributed by atoms with E-state index < -0.39 is 0 Å². The number of rotatable bonds is 2. The fraction of sp³-hybridized carbons (Fsp3) is 0.0952. The summed E-state index contributed by atoms with van der Waals surface area (Å²) < 4.78 is 1.19. The van der Waals surface area contributed by atoms with Crippen LogP contribution in [0.3, 0.4) is 0 Å². The first-order valence-corrected chi connectivity index (χ1v) is 8.84. The van der Waals surface area contributed by atoms with Gasteiger partial charge in [-0.25, -0.2) is 0 Å². The van der Waals surface area contributed by atoms with Crippen LogP contribution in [0, 0.1) is 5.38 Å². The number of allylic oxidation sites excluding steroid dienone is 2. The van der Waals surface area contributed by atoms with Gasteiger partial charge in [-0.3, -0.25) is 21.1 Å². The average Bonchev–Trinajstić information content (AvgIpc) is 3.04. The van der Waals surface area contributed by atoms with Gasteiger partial charge >= 0.3 is 0 Å². The topological polar surface area (TPSA) is 63.1 Å². The van der Waals surface area contributed by atoms with E-state index in [1.165, 1.54) is 30.0 Å². The molecule has 0 aliphatic rings. The Morgan fingerprint density at radius 3 is 2.59 bits per heavy atom. The van der Waals surface area contributed by atoms with Gasteiger partial charge in [0.25, 0.3) is 0 Å². The van der Waals surface area contributed by atoms with Crippen molar-refractivity contribution in [2.75, 3.05) is 0 Å². The van der Waals surface area contributed by atoms with Crippen LogP contribution in [0.25, 0.3) is 32.1 Å². The quantitative estimate of drug-likeness (QED) is 0.207. The predicted octanol–water partition coefficient (Wildman–Crippen LogP) is 5.35. The summed E-state index contributed by atoms with van der Waals surface area (Å²) >= 11 is 1.61. The van der Waals surface area contributed by atoms with Crippen LogP contribution >= 0.6 is 11.3 Å². The molecule has 4 nitrogen and oxygen atoms in total. The number of nitrogens with zero attached hydrogens (tertiary/aromatic N) is 2. The molecule has 0 aliphatic carbocycles. The number of aliphatic hydroxyl groups is 1. The number of aromatic nitrogens is 2. The number of ketones is 1. The maximum Gasteiger partial charge on any atom is 0.155 e. The SMILES string of the molecule is CC(=O)/C=C(/C)O.[Ir].[c-]1sc2ccncc2c1-c1nccc2ccccc12. The molecule has 1 N–H and O–H groups in total. The van der Waals surface area contributed by atoms with E-state index in [0.717, 1.165) is 22.0 Å². The standard InChI is InChI=1S/C16H9N2S.C5H8O2.Ir/c1-2-4-12-11(3-1)5-8-18-16(12)14-10-19-15-6-7-17-9-13(14)15;1-4(6)3-5(2)7;/h1-9H;3,6H,1-2H3;/q-1;;/b;4-3-;. The van der Waals surface area contributed by atoms with E-state index in [-0.39, 0.29) is 31.6 Å². The van der Waals surface area contributed by atoms with Crippen LogP contribution < -0.4 is 0 Å². The molecule has 0 atom stereocenters. The van der Waals surface area contributed by atoms with Gasteiger partial charge in [0.05, 0.1) is 5.76 Å². The summed E-state index contributed by atoms with van der Waals surface area (Å²) in [6, 6.07) is 12.3. The molecule has 1 aromatic carbocycles. The monoisotopic (exact) mass is 554 g/mol. The number of pyridine rings is 2. The van der Waals surface area contributed by atoms with Crippen molar-refractivity contribution in [2.45, 2.75) is 13.8 Å². The first-order valence-electron chi connectivity index (χ1n) is 8.02. The summed E-state index contributed by atoms with van der Waals surface area (Å²) in [5.74, 6) is -0.0625. The van der Waals surface area contributed by atoms with Crippen molar-refractivity contribution in [2.24, 2.45) is 0 Å². The van der Waals surface area contributed by atoms with Crippen molar-refractivity contribution in [3.05, 3.63) is 72.2 Å². The zero-order valence-electron chi connectivity index (χ0n) is 14.8. The van der Waals surface area contributed by atoms with Crippen molar-refractivity contribution in [1.82, 2.24) is 9.97 Å². The molecule has 0 amide bonds. The summed E-state index contributed by atoms with van der Waals surface area (Å²) in [5.41, 5.74) is 2.03. The van der Waals surface area contributed by atoms with Crippen LogP contribution in [0.1, 0.15) is 13.8 Å². The van der Waals surface area contributed by atoms with Gasteiger partial charge in [-0.05, 0) is 42.6 Å². The molecule has 0 bridgehead atoms. The number of thiophene rings is 1. The Bertz CT molecular complexity index is 1100. The second-order valence-corrected chi connectivity index (χ2v) is 6.58. The van der Waals surface area contributed by atoms with Gasteiger partial charge in [0.1, 0.15) is 0 Å². The summed E-state index contributed by atoms with van der Waals surface area (Å²) in [5, 5.41) is 15.2. The predicted molar refractivity (Wildman–Crippen MR) is 106 cm³/mol. The molecule has 3 aromatic heterocycles. The molecule has 0 saturated heterocycles. The second-order valence-electron chi connectivity index (χ2n) is 5.73. The Balaban J connectivity index is 0.000000285. The van der Waals surface area contributed by atoms with Gasteiger partial charge in [0.2, 0.25) is 0 Å². The first-order chi connectivity index (χ1) is 12.6. The Morgan fingerprint density at radius 2 is 1.89 bits per heavy atom. The van der Waals surface area contributed by atoms with Crippen molar-refractivity contribution < 1.29 is 30.0 Å². The maximum absolute atomic E-state index is 10.0. The zero-order valence-corrected chi connectivity index (χ0v) is 18.0. The van der Waals surface area contributed by atoms with Gasteiger partial charge in [-0.1, -0.05) is 40.4 Å². The molecule has 4 rings (SSSR count). The summed E-state index contributed by atoms with van der Waals surface area (Å²) in [7, 11) is 0. The molecule has 3 heterocycles. The van der Waals surface area contributed by atoms with Crippen molar-refractivity contribution >= 4 is 38.0 Å². The molecule has 0 spiro atoms. The number of hydrogen-bond acceptors (Lipinski definition) is 5. The summed E-state index contributed by atoms with van der Waals surface area (Å²) in [6.07, 6.45) is 6.72. The van der Waals surface area contributed by atoms with Crippen molar-refractivity contribution in [1.29, 1.82) is 0 Å². The minimum absolute atomic E-state index is 0. The van der Waals surface area contributed by atoms with Crippen molar-refractivity contribution in [3.8, 4) is 11.3 Å². The number of aliphatic hydroxyl groups excluding tert-OH is 1. The third-order valence-corrected chi connectivity index (χ3v) is 4.52. The summed E-state index contributed by atoms with van der Waals surface area (Å²) in [6.45, 7) is 2.85. The fourth-order valence-electron chi connectivity index (χ4n) is 2.61.